The number of hydrogen-bond donors (Lipinski definition) is 2. The van der Waals surface area contributed by atoms with E-state index in [-0.39, 0.29) is 13.2 Å². The van der Waals surface area contributed by atoms with Crippen molar-refractivity contribution >= 4 is 61.2 Å². The van der Waals surface area contributed by atoms with Crippen LogP contribution in [0.4, 0.5) is 21.0 Å². The number of halogens is 1. The highest BCUT2D eigenvalue weighted by Crippen LogP contribution is 2.34. The molecule has 8 heteroatoms. The van der Waals surface area contributed by atoms with Gasteiger partial charge in [0.2, 0.25) is 11.2 Å². The number of amides is 2. The van der Waals surface area contributed by atoms with Crippen molar-refractivity contribution < 1.29 is 23.6 Å². The maximum absolute atomic E-state index is 12.2. The minimum absolute atomic E-state index is 0.128. The molecule has 0 radical (unpaired) electrons. The molecule has 0 saturated heterocycles. The second-order valence-electron chi connectivity index (χ2n) is 8.43. The number of fused-ring (bicyclic) bond motifs is 3. The van der Waals surface area contributed by atoms with E-state index in [1.807, 2.05) is 54.6 Å². The van der Waals surface area contributed by atoms with Gasteiger partial charge in [-0.2, -0.15) is 4.57 Å². The average molecular weight is 575 g/mol. The summed E-state index contributed by atoms with van der Waals surface area (Å²) in [5.74, 6) is 0. The predicted octanol–water partition coefficient (Wildman–Crippen LogP) is 7.20. The van der Waals surface area contributed by atoms with Gasteiger partial charge in [0.05, 0.1) is 16.5 Å². The lowest BCUT2D eigenvalue weighted by atomic mass is 9.98. The molecule has 0 aliphatic rings. The summed E-state index contributed by atoms with van der Waals surface area (Å²) in [6, 6.07) is 21.7. The normalized spacial score (nSPS) is 10.7. The summed E-state index contributed by atoms with van der Waals surface area (Å²) in [6.45, 7) is 8.14. The minimum atomic E-state index is -0.544. The van der Waals surface area contributed by atoms with Crippen molar-refractivity contribution in [2.24, 2.45) is 0 Å². The van der Waals surface area contributed by atoms with Crippen molar-refractivity contribution in [3.63, 3.8) is 0 Å². The molecule has 194 valence electrons. The van der Waals surface area contributed by atoms with E-state index in [9.17, 15) is 9.59 Å². The highest BCUT2D eigenvalue weighted by atomic mass is 79.9. The van der Waals surface area contributed by atoms with Crippen LogP contribution >= 0.6 is 15.9 Å². The summed E-state index contributed by atoms with van der Waals surface area (Å²) in [5, 5.41) is 9.45. The summed E-state index contributed by atoms with van der Waals surface area (Å²) in [4.78, 5) is 24.4. The first-order valence-electron chi connectivity index (χ1n) is 12.2. The van der Waals surface area contributed by atoms with E-state index in [0.29, 0.717) is 11.4 Å². The van der Waals surface area contributed by atoms with Gasteiger partial charge < -0.3 is 9.47 Å². The Morgan fingerprint density at radius 1 is 0.816 bits per heavy atom. The molecule has 3 aromatic carbocycles. The third kappa shape index (κ3) is 6.20. The molecule has 2 amide bonds. The van der Waals surface area contributed by atoms with Crippen molar-refractivity contribution in [2.45, 2.75) is 13.0 Å². The van der Waals surface area contributed by atoms with Crippen LogP contribution < -0.4 is 15.2 Å². The van der Waals surface area contributed by atoms with Gasteiger partial charge in [-0.15, -0.1) is 0 Å². The number of aromatic nitrogens is 1. The van der Waals surface area contributed by atoms with Gasteiger partial charge in [-0.1, -0.05) is 65.5 Å². The Hall–Kier alpha value is -4.17. The van der Waals surface area contributed by atoms with Gasteiger partial charge in [0.15, 0.2) is 6.54 Å². The molecule has 2 N–H and O–H groups in total. The van der Waals surface area contributed by atoms with Gasteiger partial charge in [0, 0.05) is 34.5 Å². The molecule has 4 aromatic rings. The fourth-order valence-electron chi connectivity index (χ4n) is 4.31. The van der Waals surface area contributed by atoms with Crippen molar-refractivity contribution in [3.05, 3.63) is 92.0 Å². The number of benzene rings is 3. The first kappa shape index (κ1) is 26.9. The molecule has 4 rings (SSSR count). The van der Waals surface area contributed by atoms with Gasteiger partial charge >= 0.3 is 12.2 Å². The van der Waals surface area contributed by atoms with Gasteiger partial charge in [-0.25, -0.2) is 9.59 Å². The van der Waals surface area contributed by atoms with Gasteiger partial charge in [-0.3, -0.25) is 10.6 Å². The Morgan fingerprint density at radius 2 is 1.42 bits per heavy atom. The Labute approximate surface area is 229 Å². The molecule has 0 atom stereocenters. The molecule has 0 aliphatic carbocycles. The fraction of sp³-hybridized carbons (Fsp3) is 0.167. The van der Waals surface area contributed by atoms with Crippen LogP contribution in [0.2, 0.25) is 0 Å². The maximum atomic E-state index is 12.2. The van der Waals surface area contributed by atoms with Gasteiger partial charge in [0.25, 0.3) is 0 Å². The number of nitrogens with zero attached hydrogens (tertiary/aromatic N) is 1. The lowest BCUT2D eigenvalue weighted by molar-refractivity contribution is -0.659. The zero-order valence-corrected chi connectivity index (χ0v) is 22.5. The zero-order chi connectivity index (χ0) is 26.9. The molecule has 0 spiro atoms. The molecule has 0 bridgehead atoms. The van der Waals surface area contributed by atoms with Gasteiger partial charge in [0.1, 0.15) is 13.2 Å². The van der Waals surface area contributed by atoms with Crippen LogP contribution in [0.5, 0.6) is 0 Å². The number of nitrogens with one attached hydrogen (secondary N) is 2. The molecule has 38 heavy (non-hydrogen) atoms. The number of carbonyl (C=O) groups is 2. The summed E-state index contributed by atoms with van der Waals surface area (Å²) in [5.41, 5.74) is 4.25. The van der Waals surface area contributed by atoms with Crippen LogP contribution in [0, 0.1) is 0 Å². The summed E-state index contributed by atoms with van der Waals surface area (Å²) < 4.78 is 12.5. The summed E-state index contributed by atoms with van der Waals surface area (Å²) in [6.07, 6.45) is 2.84. The monoisotopic (exact) mass is 574 g/mol. The quantitative estimate of drug-likeness (QED) is 0.0907. The van der Waals surface area contributed by atoms with Crippen LogP contribution in [0.1, 0.15) is 6.42 Å². The molecule has 0 fully saturated rings. The van der Waals surface area contributed by atoms with Crippen LogP contribution in [-0.4, -0.2) is 30.7 Å². The van der Waals surface area contributed by atoms with Crippen LogP contribution in [-0.2, 0) is 16.0 Å². The number of pyridine rings is 1. The van der Waals surface area contributed by atoms with Crippen LogP contribution in [0.15, 0.2) is 92.0 Å². The Balaban J connectivity index is 1.93. The van der Waals surface area contributed by atoms with E-state index < -0.39 is 12.2 Å². The van der Waals surface area contributed by atoms with E-state index in [1.54, 1.807) is 0 Å². The van der Waals surface area contributed by atoms with Crippen molar-refractivity contribution in [1.82, 2.24) is 0 Å². The number of anilines is 2. The molecule has 0 unspecified atom stereocenters. The first-order chi connectivity index (χ1) is 18.5. The third-order valence-corrected chi connectivity index (χ3v) is 6.40. The van der Waals surface area contributed by atoms with Crippen molar-refractivity contribution in [2.75, 3.05) is 29.2 Å². The second-order valence-corrected chi connectivity index (χ2v) is 9.22. The molecular formula is C30H29BrN3O4+. The van der Waals surface area contributed by atoms with Crippen LogP contribution in [0.25, 0.3) is 32.9 Å². The highest BCUT2D eigenvalue weighted by Gasteiger charge is 2.24. The predicted molar refractivity (Wildman–Crippen MR) is 156 cm³/mol. The van der Waals surface area contributed by atoms with E-state index in [0.717, 1.165) is 51.2 Å². The number of aryl methyl sites for hydroxylation is 1. The zero-order valence-electron chi connectivity index (χ0n) is 20.9. The maximum Gasteiger partial charge on any atom is 0.411 e. The first-order valence-corrected chi connectivity index (χ1v) is 13.3. The Kier molecular flexibility index (Phi) is 9.11. The molecule has 1 heterocycles. The van der Waals surface area contributed by atoms with Gasteiger partial charge in [-0.05, 0) is 36.4 Å². The lowest BCUT2D eigenvalue weighted by Gasteiger charge is -2.14. The van der Waals surface area contributed by atoms with Crippen molar-refractivity contribution in [1.29, 1.82) is 0 Å². The third-order valence-electron chi connectivity index (χ3n) is 5.84. The second kappa shape index (κ2) is 12.9. The van der Waals surface area contributed by atoms with E-state index in [4.69, 9.17) is 9.47 Å². The fourth-order valence-corrected chi connectivity index (χ4v) is 4.56. The Bertz CT molecular complexity index is 1490. The Morgan fingerprint density at radius 3 is 2.03 bits per heavy atom. The number of alkyl halides is 1. The molecule has 0 aliphatic heterocycles. The SMILES string of the molecule is C=CCOC(=O)Nc1ccc2c(c1)c(-c1ccccc1)[n+](CCCBr)c1cc(NC(=O)OCC=C)ccc21. The number of carbonyl (C=O) groups excluding carboxylic acids is 2. The number of rotatable bonds is 10. The van der Waals surface area contributed by atoms with E-state index >= 15 is 0 Å². The smallest absolute Gasteiger partial charge is 0.411 e. The van der Waals surface area contributed by atoms with Crippen LogP contribution in [0.3, 0.4) is 0 Å². The van der Waals surface area contributed by atoms with E-state index in [2.05, 4.69) is 56.4 Å². The lowest BCUT2D eigenvalue weighted by Crippen LogP contribution is -2.38. The molecule has 7 nitrogen and oxygen atoms in total. The molecular weight excluding hydrogens is 546 g/mol. The molecule has 1 aromatic heterocycles. The topological polar surface area (TPSA) is 80.5 Å². The number of ether oxygens (including phenoxy) is 2. The molecule has 0 saturated carbocycles. The average Bonchev–Trinajstić information content (AvgIpc) is 2.93. The summed E-state index contributed by atoms with van der Waals surface area (Å²) >= 11 is 3.57. The standard InChI is InChI=1S/C30H28BrN3O4/c1-3-17-37-29(35)32-22-11-13-24-25-14-12-23(33-30(36)38-18-4-2)20-27(25)34(16-8-15-31)28(26(24)19-22)21-9-6-5-7-10-21/h3-7,9-14,19-20H,1-2,8,15-18H2,(H,32,35)/p+1. The highest BCUT2D eigenvalue weighted by molar-refractivity contribution is 9.09. The minimum Gasteiger partial charge on any atom is -0.445 e. The van der Waals surface area contributed by atoms with Crippen molar-refractivity contribution in [3.8, 4) is 11.3 Å². The summed E-state index contributed by atoms with van der Waals surface area (Å²) in [7, 11) is 0. The largest absolute Gasteiger partial charge is 0.445 e. The number of hydrogen-bond acceptors (Lipinski definition) is 4. The van der Waals surface area contributed by atoms with E-state index in [1.165, 1.54) is 12.2 Å².